The Bertz CT molecular complexity index is 1700. The number of fused-ring (bicyclic) bond motifs is 7. The number of aromatic nitrogens is 2. The van der Waals surface area contributed by atoms with Crippen molar-refractivity contribution < 1.29 is 0 Å². The molecule has 6 aromatic rings. The Morgan fingerprint density at radius 2 is 1.14 bits per heavy atom. The van der Waals surface area contributed by atoms with Crippen molar-refractivity contribution in [1.82, 2.24) is 9.13 Å². The molecule has 0 aliphatic heterocycles. The highest BCUT2D eigenvalue weighted by Gasteiger charge is 2.11. The van der Waals surface area contributed by atoms with E-state index in [1.54, 1.807) is 0 Å². The van der Waals surface area contributed by atoms with E-state index in [9.17, 15) is 0 Å². The van der Waals surface area contributed by atoms with Gasteiger partial charge in [-0.2, -0.15) is 0 Å². The lowest BCUT2D eigenvalue weighted by atomic mass is 9.95. The van der Waals surface area contributed by atoms with Gasteiger partial charge in [0.05, 0.1) is 0 Å². The molecule has 6 rings (SSSR count). The third kappa shape index (κ3) is 4.07. The molecule has 0 N–H and O–H groups in total. The summed E-state index contributed by atoms with van der Waals surface area (Å²) in [6.07, 6.45) is 14.3. The van der Waals surface area contributed by atoms with E-state index in [1.165, 1.54) is 118 Å². The summed E-state index contributed by atoms with van der Waals surface area (Å²) in [5, 5.41) is 10.7. The molecular weight excluding hydrogens is 436 g/mol. The van der Waals surface area contributed by atoms with Crippen molar-refractivity contribution in [2.75, 3.05) is 0 Å². The van der Waals surface area contributed by atoms with Crippen molar-refractivity contribution in [1.29, 1.82) is 0 Å². The molecule has 0 aliphatic carbocycles. The number of unbranched alkanes of at least 4 members (excludes halogenated alkanes) is 7. The Morgan fingerprint density at radius 1 is 0.528 bits per heavy atom. The van der Waals surface area contributed by atoms with Crippen LogP contribution in [0.25, 0.3) is 54.1 Å². The molecule has 2 nitrogen and oxygen atoms in total. The molecule has 0 unspecified atom stereocenters. The summed E-state index contributed by atoms with van der Waals surface area (Å²) in [4.78, 5) is 0. The molecule has 2 heterocycles. The Labute approximate surface area is 214 Å². The lowest BCUT2D eigenvalue weighted by Crippen LogP contribution is -1.96. The standard InChI is InChI=1S/C34H38N2/c1-4-5-6-7-8-9-10-11-12-28-19-27-21-32-25(23-34(27)36(28)3)14-16-29-30(32)15-13-24-22-33-26(20-31(24)29)17-18-35(33)2/h13-23H,4-12H2,1-3H3. The van der Waals surface area contributed by atoms with E-state index in [4.69, 9.17) is 0 Å². The van der Waals surface area contributed by atoms with E-state index < -0.39 is 0 Å². The largest absolute Gasteiger partial charge is 0.351 e. The van der Waals surface area contributed by atoms with Crippen molar-refractivity contribution in [3.05, 3.63) is 72.6 Å². The lowest BCUT2D eigenvalue weighted by molar-refractivity contribution is 0.572. The van der Waals surface area contributed by atoms with Crippen LogP contribution in [-0.4, -0.2) is 9.13 Å². The average molecular weight is 475 g/mol. The maximum absolute atomic E-state index is 2.43. The summed E-state index contributed by atoms with van der Waals surface area (Å²) in [6, 6.07) is 23.4. The number of rotatable bonds is 9. The summed E-state index contributed by atoms with van der Waals surface area (Å²) in [5.74, 6) is 0. The van der Waals surface area contributed by atoms with Gasteiger partial charge in [0, 0.05) is 47.8 Å². The van der Waals surface area contributed by atoms with Gasteiger partial charge in [-0.3, -0.25) is 0 Å². The third-order valence-corrected chi connectivity index (χ3v) is 8.39. The van der Waals surface area contributed by atoms with Crippen LogP contribution >= 0.6 is 0 Å². The SMILES string of the molecule is CCCCCCCCCCc1cc2cc3c(ccc4c5cc6ccn(C)c6cc5ccc34)cc2n1C. The molecule has 2 aromatic heterocycles. The highest BCUT2D eigenvalue weighted by molar-refractivity contribution is 6.20. The molecule has 0 atom stereocenters. The van der Waals surface area contributed by atoms with Gasteiger partial charge in [0.15, 0.2) is 0 Å². The zero-order valence-corrected chi connectivity index (χ0v) is 22.1. The second-order valence-corrected chi connectivity index (χ2v) is 10.8. The zero-order chi connectivity index (χ0) is 24.6. The zero-order valence-electron chi connectivity index (χ0n) is 22.1. The number of aryl methyl sites for hydroxylation is 3. The van der Waals surface area contributed by atoms with E-state index in [1.807, 2.05) is 0 Å². The minimum absolute atomic E-state index is 1.18. The molecule has 0 amide bonds. The first-order valence-corrected chi connectivity index (χ1v) is 14.0. The van der Waals surface area contributed by atoms with Gasteiger partial charge < -0.3 is 9.13 Å². The average Bonchev–Trinajstić information content (AvgIpc) is 3.41. The van der Waals surface area contributed by atoms with E-state index in [0.29, 0.717) is 0 Å². The molecule has 0 spiro atoms. The molecule has 36 heavy (non-hydrogen) atoms. The van der Waals surface area contributed by atoms with Gasteiger partial charge in [0.2, 0.25) is 0 Å². The first kappa shape index (κ1) is 23.2. The second-order valence-electron chi connectivity index (χ2n) is 10.8. The summed E-state index contributed by atoms with van der Waals surface area (Å²) in [7, 11) is 4.37. The molecule has 0 radical (unpaired) electrons. The van der Waals surface area contributed by atoms with Gasteiger partial charge >= 0.3 is 0 Å². The monoisotopic (exact) mass is 474 g/mol. The molecule has 0 bridgehead atoms. The van der Waals surface area contributed by atoms with Crippen LogP contribution in [0.2, 0.25) is 0 Å². The molecule has 0 saturated carbocycles. The van der Waals surface area contributed by atoms with Gasteiger partial charge in [0.1, 0.15) is 0 Å². The van der Waals surface area contributed by atoms with Gasteiger partial charge in [-0.25, -0.2) is 0 Å². The quantitative estimate of drug-likeness (QED) is 0.146. The van der Waals surface area contributed by atoms with Crippen molar-refractivity contribution in [2.45, 2.75) is 64.7 Å². The van der Waals surface area contributed by atoms with Crippen LogP contribution in [0.1, 0.15) is 64.0 Å². The molecule has 4 aromatic carbocycles. The predicted molar refractivity (Wildman–Crippen MR) is 158 cm³/mol. The fourth-order valence-electron chi connectivity index (χ4n) is 6.21. The number of hydrogen-bond acceptors (Lipinski definition) is 0. The van der Waals surface area contributed by atoms with Crippen molar-refractivity contribution in [3.8, 4) is 0 Å². The van der Waals surface area contributed by atoms with E-state index in [0.717, 1.165) is 0 Å². The van der Waals surface area contributed by atoms with Crippen LogP contribution in [0.3, 0.4) is 0 Å². The smallest absolute Gasteiger partial charge is 0.0486 e. The molecule has 0 aliphatic rings. The van der Waals surface area contributed by atoms with Crippen molar-refractivity contribution in [3.63, 3.8) is 0 Å². The highest BCUT2D eigenvalue weighted by Crippen LogP contribution is 2.36. The summed E-state index contributed by atoms with van der Waals surface area (Å²) in [5.41, 5.74) is 4.10. The summed E-state index contributed by atoms with van der Waals surface area (Å²) >= 11 is 0. The summed E-state index contributed by atoms with van der Waals surface area (Å²) in [6.45, 7) is 2.29. The molecule has 0 saturated heterocycles. The summed E-state index contributed by atoms with van der Waals surface area (Å²) < 4.78 is 4.63. The molecule has 0 fully saturated rings. The van der Waals surface area contributed by atoms with E-state index in [2.05, 4.69) is 97.0 Å². The second kappa shape index (κ2) is 9.65. The first-order valence-electron chi connectivity index (χ1n) is 14.0. The Balaban J connectivity index is 1.31. The number of benzene rings is 4. The van der Waals surface area contributed by atoms with Crippen LogP contribution in [0.4, 0.5) is 0 Å². The minimum Gasteiger partial charge on any atom is -0.351 e. The fourth-order valence-corrected chi connectivity index (χ4v) is 6.21. The van der Waals surface area contributed by atoms with Gasteiger partial charge in [-0.05, 0) is 81.6 Å². The van der Waals surface area contributed by atoms with Gasteiger partial charge in [-0.1, -0.05) is 76.1 Å². The highest BCUT2D eigenvalue weighted by atomic mass is 14.9. The Hall–Kier alpha value is -3.26. The van der Waals surface area contributed by atoms with Crippen LogP contribution < -0.4 is 0 Å². The van der Waals surface area contributed by atoms with Crippen molar-refractivity contribution >= 4 is 54.1 Å². The lowest BCUT2D eigenvalue weighted by Gasteiger charge is -2.10. The fraction of sp³-hybridized carbons (Fsp3) is 0.353. The van der Waals surface area contributed by atoms with Gasteiger partial charge in [-0.15, -0.1) is 0 Å². The van der Waals surface area contributed by atoms with Crippen LogP contribution in [0, 0.1) is 0 Å². The topological polar surface area (TPSA) is 9.86 Å². The maximum Gasteiger partial charge on any atom is 0.0486 e. The Morgan fingerprint density at radius 3 is 1.83 bits per heavy atom. The van der Waals surface area contributed by atoms with Crippen LogP contribution in [0.15, 0.2) is 66.9 Å². The first-order chi connectivity index (χ1) is 17.6. The van der Waals surface area contributed by atoms with Crippen LogP contribution in [0.5, 0.6) is 0 Å². The number of hydrogen-bond donors (Lipinski definition) is 0. The van der Waals surface area contributed by atoms with Crippen LogP contribution in [-0.2, 0) is 20.5 Å². The number of nitrogens with zero attached hydrogens (tertiary/aromatic N) is 2. The minimum atomic E-state index is 1.18. The molecular formula is C34H38N2. The van der Waals surface area contributed by atoms with Crippen molar-refractivity contribution in [2.24, 2.45) is 14.1 Å². The molecule has 184 valence electrons. The third-order valence-electron chi connectivity index (χ3n) is 8.39. The van der Waals surface area contributed by atoms with E-state index >= 15 is 0 Å². The predicted octanol–water partition coefficient (Wildman–Crippen LogP) is 9.81. The molecule has 2 heteroatoms. The van der Waals surface area contributed by atoms with E-state index in [-0.39, 0.29) is 0 Å². The Kier molecular flexibility index (Phi) is 6.21. The van der Waals surface area contributed by atoms with Gasteiger partial charge in [0.25, 0.3) is 0 Å². The maximum atomic E-state index is 2.43. The normalized spacial score (nSPS) is 12.2.